The van der Waals surface area contributed by atoms with Gasteiger partial charge in [0.25, 0.3) is 0 Å². The average molecular weight is 235 g/mol. The first-order chi connectivity index (χ1) is 8.24. The van der Waals surface area contributed by atoms with Gasteiger partial charge in [-0.2, -0.15) is 5.10 Å². The molecule has 1 fully saturated rings. The molecule has 0 aliphatic heterocycles. The molecule has 1 amide bonds. The first kappa shape index (κ1) is 12.1. The Morgan fingerprint density at radius 2 is 2.29 bits per heavy atom. The standard InChI is InChI=1S/C13H21N3O/c1-16-10-12(9-15-16)8-14-13(17)7-6-11-4-2-3-5-11/h9-11H,2-8H2,1H3,(H,14,17). The Balaban J connectivity index is 1.63. The van der Waals surface area contributed by atoms with Gasteiger partial charge >= 0.3 is 0 Å². The van der Waals surface area contributed by atoms with Gasteiger partial charge in [0, 0.05) is 31.8 Å². The molecule has 0 atom stereocenters. The Morgan fingerprint density at radius 1 is 1.53 bits per heavy atom. The number of aryl methyl sites for hydroxylation is 1. The second-order valence-corrected chi connectivity index (χ2v) is 4.99. The summed E-state index contributed by atoms with van der Waals surface area (Å²) < 4.78 is 1.75. The van der Waals surface area contributed by atoms with Gasteiger partial charge in [-0.1, -0.05) is 25.7 Å². The van der Waals surface area contributed by atoms with Crippen molar-refractivity contribution < 1.29 is 4.79 Å². The van der Waals surface area contributed by atoms with Gasteiger partial charge in [-0.15, -0.1) is 0 Å². The monoisotopic (exact) mass is 235 g/mol. The molecular weight excluding hydrogens is 214 g/mol. The number of hydrogen-bond donors (Lipinski definition) is 1. The van der Waals surface area contributed by atoms with E-state index in [1.54, 1.807) is 10.9 Å². The summed E-state index contributed by atoms with van der Waals surface area (Å²) in [6, 6.07) is 0. The van der Waals surface area contributed by atoms with Gasteiger partial charge in [-0.3, -0.25) is 9.48 Å². The number of rotatable bonds is 5. The molecule has 1 N–H and O–H groups in total. The fraction of sp³-hybridized carbons (Fsp3) is 0.692. The van der Waals surface area contributed by atoms with Gasteiger partial charge in [-0.25, -0.2) is 0 Å². The van der Waals surface area contributed by atoms with E-state index in [1.807, 2.05) is 13.2 Å². The number of nitrogens with zero attached hydrogens (tertiary/aromatic N) is 2. The van der Waals surface area contributed by atoms with Crippen LogP contribution in [-0.2, 0) is 18.4 Å². The molecule has 1 aliphatic rings. The Morgan fingerprint density at radius 3 is 2.94 bits per heavy atom. The normalized spacial score (nSPS) is 16.3. The lowest BCUT2D eigenvalue weighted by atomic mass is 10.0. The van der Waals surface area contributed by atoms with Crippen molar-refractivity contribution in [1.82, 2.24) is 15.1 Å². The molecule has 4 heteroatoms. The lowest BCUT2D eigenvalue weighted by molar-refractivity contribution is -0.121. The van der Waals surface area contributed by atoms with Crippen molar-refractivity contribution in [3.63, 3.8) is 0 Å². The van der Waals surface area contributed by atoms with E-state index in [2.05, 4.69) is 10.4 Å². The first-order valence-corrected chi connectivity index (χ1v) is 6.48. The molecule has 0 aromatic carbocycles. The quantitative estimate of drug-likeness (QED) is 0.848. The second kappa shape index (κ2) is 5.84. The molecule has 0 spiro atoms. The summed E-state index contributed by atoms with van der Waals surface area (Å²) >= 11 is 0. The molecule has 4 nitrogen and oxygen atoms in total. The van der Waals surface area contributed by atoms with E-state index in [-0.39, 0.29) is 5.91 Å². The largest absolute Gasteiger partial charge is 0.352 e. The van der Waals surface area contributed by atoms with Crippen LogP contribution in [0.5, 0.6) is 0 Å². The van der Waals surface area contributed by atoms with Gasteiger partial charge in [0.1, 0.15) is 0 Å². The molecule has 94 valence electrons. The molecular formula is C13H21N3O. The zero-order valence-electron chi connectivity index (χ0n) is 10.5. The molecule has 0 saturated heterocycles. The highest BCUT2D eigenvalue weighted by atomic mass is 16.1. The zero-order chi connectivity index (χ0) is 12.1. The minimum atomic E-state index is 0.167. The zero-order valence-corrected chi connectivity index (χ0v) is 10.5. The molecule has 2 rings (SSSR count). The van der Waals surface area contributed by atoms with Crippen molar-refractivity contribution in [2.24, 2.45) is 13.0 Å². The van der Waals surface area contributed by atoms with E-state index in [0.29, 0.717) is 13.0 Å². The van der Waals surface area contributed by atoms with E-state index in [9.17, 15) is 4.79 Å². The second-order valence-electron chi connectivity index (χ2n) is 4.99. The number of carbonyl (C=O) groups excluding carboxylic acids is 1. The van der Waals surface area contributed by atoms with E-state index < -0.39 is 0 Å². The Kier molecular flexibility index (Phi) is 4.18. The minimum Gasteiger partial charge on any atom is -0.352 e. The number of aromatic nitrogens is 2. The number of nitrogens with one attached hydrogen (secondary N) is 1. The fourth-order valence-corrected chi connectivity index (χ4v) is 2.49. The van der Waals surface area contributed by atoms with Crippen LogP contribution in [0.1, 0.15) is 44.1 Å². The summed E-state index contributed by atoms with van der Waals surface area (Å²) in [5, 5.41) is 7.01. The van der Waals surface area contributed by atoms with Crippen LogP contribution in [0.15, 0.2) is 12.4 Å². The van der Waals surface area contributed by atoms with Crippen LogP contribution in [0.4, 0.5) is 0 Å². The Bertz CT molecular complexity index is 366. The number of carbonyl (C=O) groups is 1. The summed E-state index contributed by atoms with van der Waals surface area (Å²) in [5.74, 6) is 0.958. The molecule has 1 aromatic rings. The van der Waals surface area contributed by atoms with Crippen molar-refractivity contribution in [2.75, 3.05) is 0 Å². The van der Waals surface area contributed by atoms with Crippen LogP contribution in [0.3, 0.4) is 0 Å². The third-order valence-corrected chi connectivity index (χ3v) is 3.50. The van der Waals surface area contributed by atoms with Crippen molar-refractivity contribution in [2.45, 2.75) is 45.1 Å². The smallest absolute Gasteiger partial charge is 0.220 e. The number of hydrogen-bond acceptors (Lipinski definition) is 2. The van der Waals surface area contributed by atoms with Gasteiger partial charge in [0.15, 0.2) is 0 Å². The molecule has 1 aromatic heterocycles. The van der Waals surface area contributed by atoms with Gasteiger partial charge in [0.05, 0.1) is 6.20 Å². The van der Waals surface area contributed by atoms with Crippen molar-refractivity contribution in [1.29, 1.82) is 0 Å². The van der Waals surface area contributed by atoms with E-state index in [4.69, 9.17) is 0 Å². The maximum atomic E-state index is 11.6. The number of amides is 1. The molecule has 0 unspecified atom stereocenters. The van der Waals surface area contributed by atoms with Crippen LogP contribution in [0, 0.1) is 5.92 Å². The van der Waals surface area contributed by atoms with E-state index in [1.165, 1.54) is 25.7 Å². The molecule has 1 saturated carbocycles. The highest BCUT2D eigenvalue weighted by Gasteiger charge is 2.15. The fourth-order valence-electron chi connectivity index (χ4n) is 2.49. The maximum Gasteiger partial charge on any atom is 0.220 e. The van der Waals surface area contributed by atoms with E-state index in [0.717, 1.165) is 17.9 Å². The summed E-state index contributed by atoms with van der Waals surface area (Å²) in [6.07, 6.45) is 10.8. The van der Waals surface area contributed by atoms with Crippen LogP contribution >= 0.6 is 0 Å². The van der Waals surface area contributed by atoms with Gasteiger partial charge in [0.2, 0.25) is 5.91 Å². The van der Waals surface area contributed by atoms with Gasteiger partial charge < -0.3 is 5.32 Å². The predicted octanol–water partition coefficient (Wildman–Crippen LogP) is 2.01. The lowest BCUT2D eigenvalue weighted by Gasteiger charge is -2.08. The minimum absolute atomic E-state index is 0.167. The van der Waals surface area contributed by atoms with Crippen LogP contribution in [0.25, 0.3) is 0 Å². The maximum absolute atomic E-state index is 11.6. The summed E-state index contributed by atoms with van der Waals surface area (Å²) in [6.45, 7) is 0.595. The molecule has 1 aliphatic carbocycles. The molecule has 17 heavy (non-hydrogen) atoms. The van der Waals surface area contributed by atoms with Crippen molar-refractivity contribution in [3.8, 4) is 0 Å². The third kappa shape index (κ3) is 3.88. The average Bonchev–Trinajstić information content (AvgIpc) is 2.95. The van der Waals surface area contributed by atoms with Crippen molar-refractivity contribution >= 4 is 5.91 Å². The summed E-state index contributed by atoms with van der Waals surface area (Å²) in [5.41, 5.74) is 1.06. The topological polar surface area (TPSA) is 46.9 Å². The van der Waals surface area contributed by atoms with Crippen LogP contribution in [0.2, 0.25) is 0 Å². The summed E-state index contributed by atoms with van der Waals surface area (Å²) in [4.78, 5) is 11.6. The molecule has 0 bridgehead atoms. The SMILES string of the molecule is Cn1cc(CNC(=O)CCC2CCCC2)cn1. The molecule has 1 heterocycles. The Hall–Kier alpha value is -1.32. The first-order valence-electron chi connectivity index (χ1n) is 6.48. The third-order valence-electron chi connectivity index (χ3n) is 3.50. The summed E-state index contributed by atoms with van der Waals surface area (Å²) in [7, 11) is 1.88. The van der Waals surface area contributed by atoms with Crippen LogP contribution < -0.4 is 5.32 Å². The lowest BCUT2D eigenvalue weighted by Crippen LogP contribution is -2.22. The highest BCUT2D eigenvalue weighted by molar-refractivity contribution is 5.75. The molecule has 0 radical (unpaired) electrons. The Labute approximate surface area is 102 Å². The van der Waals surface area contributed by atoms with Crippen molar-refractivity contribution in [3.05, 3.63) is 18.0 Å². The predicted molar refractivity (Wildman–Crippen MR) is 66.2 cm³/mol. The van der Waals surface area contributed by atoms with E-state index >= 15 is 0 Å². The van der Waals surface area contributed by atoms with Crippen LogP contribution in [-0.4, -0.2) is 15.7 Å². The van der Waals surface area contributed by atoms with Gasteiger partial charge in [-0.05, 0) is 12.3 Å². The highest BCUT2D eigenvalue weighted by Crippen LogP contribution is 2.28.